The molecule has 0 aliphatic carbocycles. The third-order valence-electron chi connectivity index (χ3n) is 2.50. The van der Waals surface area contributed by atoms with Crippen molar-refractivity contribution in [3.05, 3.63) is 51.7 Å². The van der Waals surface area contributed by atoms with Gasteiger partial charge < -0.3 is 9.84 Å². The molecule has 1 N–H and O–H groups in total. The molecule has 0 fully saturated rings. The van der Waals surface area contributed by atoms with Gasteiger partial charge in [0.05, 0.1) is 4.88 Å². The molecule has 2 aromatic rings. The predicted octanol–water partition coefficient (Wildman–Crippen LogP) is 2.98. The minimum Gasteiger partial charge on any atom is -0.488 e. The summed E-state index contributed by atoms with van der Waals surface area (Å²) in [7, 11) is 0. The largest absolute Gasteiger partial charge is 0.488 e. The molecule has 0 amide bonds. The number of para-hydroxylation sites is 1. The van der Waals surface area contributed by atoms with Gasteiger partial charge in [-0.2, -0.15) is 0 Å². The van der Waals surface area contributed by atoms with Crippen LogP contribution in [0.3, 0.4) is 0 Å². The molecule has 1 heterocycles. The number of aryl methyl sites for hydroxylation is 1. The van der Waals surface area contributed by atoms with Crippen LogP contribution in [0.1, 0.15) is 16.0 Å². The van der Waals surface area contributed by atoms with Crippen molar-refractivity contribution >= 4 is 11.3 Å². The monoisotopic (exact) mass is 258 g/mol. The summed E-state index contributed by atoms with van der Waals surface area (Å²) in [6, 6.07) is 9.89. The Hall–Kier alpha value is -1.76. The Morgan fingerprint density at radius 1 is 1.28 bits per heavy atom. The Kier molecular flexibility index (Phi) is 4.40. The van der Waals surface area contributed by atoms with Crippen LogP contribution in [-0.2, 0) is 6.61 Å². The number of benzene rings is 1. The van der Waals surface area contributed by atoms with Gasteiger partial charge in [-0.05, 0) is 30.0 Å². The quantitative estimate of drug-likeness (QED) is 0.858. The zero-order valence-electron chi connectivity index (χ0n) is 10.1. The highest BCUT2D eigenvalue weighted by atomic mass is 32.1. The minimum atomic E-state index is -0.117. The fourth-order valence-electron chi connectivity index (χ4n) is 1.56. The average molecular weight is 258 g/mol. The van der Waals surface area contributed by atoms with Crippen molar-refractivity contribution in [2.75, 3.05) is 6.61 Å². The predicted molar refractivity (Wildman–Crippen MR) is 73.8 cm³/mol. The van der Waals surface area contributed by atoms with Gasteiger partial charge >= 0.3 is 0 Å². The number of hydrogen-bond donors (Lipinski definition) is 1. The summed E-state index contributed by atoms with van der Waals surface area (Å²) < 4.78 is 5.78. The molecule has 1 aromatic carbocycles. The van der Waals surface area contributed by atoms with E-state index in [2.05, 4.69) is 11.8 Å². The second-order valence-corrected chi connectivity index (χ2v) is 4.77. The summed E-state index contributed by atoms with van der Waals surface area (Å²) in [6.45, 7) is 2.42. The van der Waals surface area contributed by atoms with E-state index < -0.39 is 0 Å². The molecule has 0 aliphatic heterocycles. The normalized spacial score (nSPS) is 9.67. The fourth-order valence-corrected chi connectivity index (χ4v) is 2.30. The van der Waals surface area contributed by atoms with Gasteiger partial charge in [0.15, 0.2) is 0 Å². The smallest absolute Gasteiger partial charge is 0.124 e. The number of thiophene rings is 1. The number of ether oxygens (including phenoxy) is 1. The molecule has 2 nitrogen and oxygen atoms in total. The van der Waals surface area contributed by atoms with Gasteiger partial charge in [-0.25, -0.2) is 0 Å². The van der Waals surface area contributed by atoms with Crippen molar-refractivity contribution in [2.24, 2.45) is 0 Å². The molecule has 0 aliphatic rings. The Bertz CT molecular complexity index is 575. The van der Waals surface area contributed by atoms with Crippen LogP contribution in [0.2, 0.25) is 0 Å². The van der Waals surface area contributed by atoms with E-state index in [1.54, 1.807) is 11.3 Å². The van der Waals surface area contributed by atoms with Crippen molar-refractivity contribution in [1.82, 2.24) is 0 Å². The van der Waals surface area contributed by atoms with Crippen molar-refractivity contribution in [2.45, 2.75) is 13.5 Å². The highest BCUT2D eigenvalue weighted by molar-refractivity contribution is 7.10. The first-order valence-corrected chi connectivity index (χ1v) is 6.53. The molecule has 0 atom stereocenters. The molecule has 0 radical (unpaired) electrons. The second kappa shape index (κ2) is 6.25. The first-order chi connectivity index (χ1) is 8.81. The third kappa shape index (κ3) is 3.13. The van der Waals surface area contributed by atoms with Crippen LogP contribution in [-0.4, -0.2) is 11.7 Å². The average Bonchev–Trinajstić information content (AvgIpc) is 2.83. The number of aliphatic hydroxyl groups excluding tert-OH is 1. The lowest BCUT2D eigenvalue weighted by atomic mass is 10.2. The molecule has 2 rings (SSSR count). The van der Waals surface area contributed by atoms with Gasteiger partial charge in [-0.15, -0.1) is 11.3 Å². The van der Waals surface area contributed by atoms with Crippen LogP contribution in [0.15, 0.2) is 35.7 Å². The lowest BCUT2D eigenvalue weighted by Crippen LogP contribution is -1.96. The van der Waals surface area contributed by atoms with E-state index in [9.17, 15) is 0 Å². The Balaban J connectivity index is 2.07. The zero-order chi connectivity index (χ0) is 12.8. The second-order valence-electron chi connectivity index (χ2n) is 3.77. The maximum atomic E-state index is 8.70. The van der Waals surface area contributed by atoms with Gasteiger partial charge in [0, 0.05) is 5.56 Å². The summed E-state index contributed by atoms with van der Waals surface area (Å²) in [4.78, 5) is 1.08. The van der Waals surface area contributed by atoms with Crippen LogP contribution in [0.25, 0.3) is 0 Å². The molecule has 0 saturated carbocycles. The minimum absolute atomic E-state index is 0.117. The van der Waals surface area contributed by atoms with E-state index in [0.29, 0.717) is 6.61 Å². The van der Waals surface area contributed by atoms with Crippen molar-refractivity contribution in [3.63, 3.8) is 0 Å². The van der Waals surface area contributed by atoms with Gasteiger partial charge in [-0.1, -0.05) is 30.0 Å². The van der Waals surface area contributed by atoms with E-state index >= 15 is 0 Å². The molecule has 18 heavy (non-hydrogen) atoms. The lowest BCUT2D eigenvalue weighted by molar-refractivity contribution is 0.307. The van der Waals surface area contributed by atoms with E-state index in [4.69, 9.17) is 9.84 Å². The molecular formula is C15H14O2S. The fraction of sp³-hybridized carbons (Fsp3) is 0.200. The lowest BCUT2D eigenvalue weighted by Gasteiger charge is -2.07. The molecule has 0 spiro atoms. The summed E-state index contributed by atoms with van der Waals surface area (Å²) in [5.41, 5.74) is 2.06. The van der Waals surface area contributed by atoms with E-state index in [0.717, 1.165) is 21.8 Å². The van der Waals surface area contributed by atoms with Crippen LogP contribution in [0.5, 0.6) is 5.75 Å². The van der Waals surface area contributed by atoms with Gasteiger partial charge in [0.25, 0.3) is 0 Å². The van der Waals surface area contributed by atoms with Crippen molar-refractivity contribution in [3.8, 4) is 17.6 Å². The summed E-state index contributed by atoms with van der Waals surface area (Å²) in [6.07, 6.45) is 0. The van der Waals surface area contributed by atoms with Gasteiger partial charge in [0.2, 0.25) is 0 Å². The van der Waals surface area contributed by atoms with E-state index in [1.165, 1.54) is 0 Å². The van der Waals surface area contributed by atoms with Crippen molar-refractivity contribution in [1.29, 1.82) is 0 Å². The summed E-state index contributed by atoms with van der Waals surface area (Å²) in [5, 5.41) is 10.7. The zero-order valence-corrected chi connectivity index (χ0v) is 11.0. The Morgan fingerprint density at radius 2 is 2.11 bits per heavy atom. The molecular weight excluding hydrogens is 244 g/mol. The van der Waals surface area contributed by atoms with Crippen LogP contribution in [0, 0.1) is 18.8 Å². The maximum absolute atomic E-state index is 8.70. The first-order valence-electron chi connectivity index (χ1n) is 5.66. The third-order valence-corrected chi connectivity index (χ3v) is 3.39. The number of hydrogen-bond acceptors (Lipinski definition) is 3. The van der Waals surface area contributed by atoms with E-state index in [1.807, 2.05) is 42.6 Å². The van der Waals surface area contributed by atoms with Crippen LogP contribution in [0.4, 0.5) is 0 Å². The SMILES string of the molecule is Cc1ccccc1OCc1sccc1C#CCO. The number of aliphatic hydroxyl groups is 1. The molecule has 1 aromatic heterocycles. The van der Waals surface area contributed by atoms with Crippen LogP contribution < -0.4 is 4.74 Å². The standard InChI is InChI=1S/C15H14O2S/c1-12-5-2-3-7-14(12)17-11-15-13(6-4-9-16)8-10-18-15/h2-3,5,7-8,10,16H,9,11H2,1H3. The summed E-state index contributed by atoms with van der Waals surface area (Å²) in [5.74, 6) is 6.48. The molecule has 0 saturated heterocycles. The molecule has 0 bridgehead atoms. The maximum Gasteiger partial charge on any atom is 0.124 e. The van der Waals surface area contributed by atoms with Crippen molar-refractivity contribution < 1.29 is 9.84 Å². The van der Waals surface area contributed by atoms with Gasteiger partial charge in [-0.3, -0.25) is 0 Å². The first kappa shape index (κ1) is 12.7. The molecule has 92 valence electrons. The van der Waals surface area contributed by atoms with E-state index in [-0.39, 0.29) is 6.61 Å². The molecule has 3 heteroatoms. The highest BCUT2D eigenvalue weighted by Crippen LogP contribution is 2.21. The number of rotatable bonds is 3. The van der Waals surface area contributed by atoms with Crippen LogP contribution >= 0.6 is 11.3 Å². The Labute approximate surface area is 111 Å². The topological polar surface area (TPSA) is 29.5 Å². The summed E-state index contributed by atoms with van der Waals surface area (Å²) >= 11 is 1.62. The highest BCUT2D eigenvalue weighted by Gasteiger charge is 2.04. The van der Waals surface area contributed by atoms with Gasteiger partial charge in [0.1, 0.15) is 19.0 Å². The Morgan fingerprint density at radius 3 is 2.89 bits per heavy atom. The molecule has 0 unspecified atom stereocenters.